The van der Waals surface area contributed by atoms with Crippen LogP contribution in [0.2, 0.25) is 0 Å². The molecular formula is C15H26N2O. The number of nitrogens with one attached hydrogen (secondary N) is 1. The lowest BCUT2D eigenvalue weighted by atomic mass is 9.96. The van der Waals surface area contributed by atoms with Crippen LogP contribution in [0, 0.1) is 0 Å². The number of benzene rings is 1. The van der Waals surface area contributed by atoms with Crippen LogP contribution in [0.15, 0.2) is 18.2 Å². The Morgan fingerprint density at radius 1 is 1.28 bits per heavy atom. The van der Waals surface area contributed by atoms with E-state index < -0.39 is 0 Å². The highest BCUT2D eigenvalue weighted by atomic mass is 16.5. The fraction of sp³-hybridized carbons (Fsp3) is 0.600. The third-order valence-corrected chi connectivity index (χ3v) is 3.28. The molecule has 1 N–H and O–H groups in total. The lowest BCUT2D eigenvalue weighted by Gasteiger charge is -2.26. The Labute approximate surface area is 111 Å². The zero-order chi connectivity index (χ0) is 13.7. The maximum absolute atomic E-state index is 5.43. The van der Waals surface area contributed by atoms with Gasteiger partial charge in [-0.3, -0.25) is 0 Å². The molecule has 1 aromatic carbocycles. The SMILES string of the molecule is CNCC(c1ccc(OC)c(C(C)C)c1)N(C)C. The minimum atomic E-state index is 0.387. The van der Waals surface area contributed by atoms with Crippen LogP contribution in [0.4, 0.5) is 0 Å². The Balaban J connectivity index is 3.12. The maximum atomic E-state index is 5.43. The summed E-state index contributed by atoms with van der Waals surface area (Å²) in [5, 5.41) is 3.25. The molecule has 0 aliphatic rings. The Kier molecular flexibility index (Phi) is 5.63. The number of hydrogen-bond donors (Lipinski definition) is 1. The highest BCUT2D eigenvalue weighted by Crippen LogP contribution is 2.30. The van der Waals surface area contributed by atoms with Crippen molar-refractivity contribution in [2.24, 2.45) is 0 Å². The van der Waals surface area contributed by atoms with Crippen molar-refractivity contribution in [3.8, 4) is 5.75 Å². The highest BCUT2D eigenvalue weighted by molar-refractivity contribution is 5.40. The smallest absolute Gasteiger partial charge is 0.122 e. The van der Waals surface area contributed by atoms with Crippen molar-refractivity contribution in [2.45, 2.75) is 25.8 Å². The van der Waals surface area contributed by atoms with E-state index in [0.29, 0.717) is 12.0 Å². The summed E-state index contributed by atoms with van der Waals surface area (Å²) in [5.41, 5.74) is 2.61. The first-order valence-corrected chi connectivity index (χ1v) is 6.50. The number of likely N-dealkylation sites (N-methyl/N-ethyl adjacent to an activating group) is 2. The average molecular weight is 250 g/mol. The van der Waals surface area contributed by atoms with Gasteiger partial charge in [0.05, 0.1) is 7.11 Å². The van der Waals surface area contributed by atoms with Crippen LogP contribution in [-0.4, -0.2) is 39.7 Å². The average Bonchev–Trinajstić information content (AvgIpc) is 2.34. The number of hydrogen-bond acceptors (Lipinski definition) is 3. The van der Waals surface area contributed by atoms with Crippen molar-refractivity contribution in [2.75, 3.05) is 34.8 Å². The monoisotopic (exact) mass is 250 g/mol. The van der Waals surface area contributed by atoms with Gasteiger partial charge in [0, 0.05) is 12.6 Å². The second-order valence-corrected chi connectivity index (χ2v) is 5.19. The molecule has 0 radical (unpaired) electrons. The van der Waals surface area contributed by atoms with Gasteiger partial charge in [-0.05, 0) is 44.3 Å². The summed E-state index contributed by atoms with van der Waals surface area (Å²) in [6.45, 7) is 5.34. The summed E-state index contributed by atoms with van der Waals surface area (Å²) in [6, 6.07) is 6.90. The first-order valence-electron chi connectivity index (χ1n) is 6.50. The zero-order valence-corrected chi connectivity index (χ0v) is 12.4. The van der Waals surface area contributed by atoms with Crippen molar-refractivity contribution in [1.82, 2.24) is 10.2 Å². The Morgan fingerprint density at radius 2 is 1.94 bits per heavy atom. The molecule has 3 heteroatoms. The van der Waals surface area contributed by atoms with Crippen LogP contribution in [0.1, 0.15) is 36.9 Å². The Morgan fingerprint density at radius 3 is 2.39 bits per heavy atom. The molecule has 102 valence electrons. The van der Waals surface area contributed by atoms with Gasteiger partial charge >= 0.3 is 0 Å². The van der Waals surface area contributed by atoms with E-state index in [-0.39, 0.29) is 0 Å². The maximum Gasteiger partial charge on any atom is 0.122 e. The van der Waals surface area contributed by atoms with Crippen LogP contribution in [0.25, 0.3) is 0 Å². The number of methoxy groups -OCH3 is 1. The van der Waals surface area contributed by atoms with E-state index in [9.17, 15) is 0 Å². The van der Waals surface area contributed by atoms with Gasteiger partial charge in [-0.1, -0.05) is 26.0 Å². The van der Waals surface area contributed by atoms with E-state index in [2.05, 4.69) is 56.4 Å². The summed E-state index contributed by atoms with van der Waals surface area (Å²) in [7, 11) is 7.95. The zero-order valence-electron chi connectivity index (χ0n) is 12.4. The van der Waals surface area contributed by atoms with Gasteiger partial charge < -0.3 is 15.0 Å². The second-order valence-electron chi connectivity index (χ2n) is 5.19. The highest BCUT2D eigenvalue weighted by Gasteiger charge is 2.16. The quantitative estimate of drug-likeness (QED) is 0.840. The van der Waals surface area contributed by atoms with Gasteiger partial charge in [-0.15, -0.1) is 0 Å². The van der Waals surface area contributed by atoms with Gasteiger partial charge in [-0.25, -0.2) is 0 Å². The molecule has 1 unspecified atom stereocenters. The van der Waals surface area contributed by atoms with Crippen molar-refractivity contribution >= 4 is 0 Å². The summed E-state index contributed by atoms with van der Waals surface area (Å²) in [5.74, 6) is 1.45. The largest absolute Gasteiger partial charge is 0.496 e. The fourth-order valence-electron chi connectivity index (χ4n) is 2.20. The lowest BCUT2D eigenvalue weighted by Crippen LogP contribution is -2.29. The molecule has 1 rings (SSSR count). The molecule has 0 bridgehead atoms. The van der Waals surface area contributed by atoms with Crippen LogP contribution in [0.3, 0.4) is 0 Å². The van der Waals surface area contributed by atoms with Crippen LogP contribution in [-0.2, 0) is 0 Å². The molecular weight excluding hydrogens is 224 g/mol. The molecule has 0 saturated heterocycles. The van der Waals surface area contributed by atoms with E-state index in [4.69, 9.17) is 4.74 Å². The normalized spacial score (nSPS) is 13.1. The molecule has 1 atom stereocenters. The predicted octanol–water partition coefficient (Wildman–Crippen LogP) is 2.64. The van der Waals surface area contributed by atoms with E-state index in [1.807, 2.05) is 7.05 Å². The molecule has 0 aromatic heterocycles. The van der Waals surface area contributed by atoms with Crippen LogP contribution in [0.5, 0.6) is 5.75 Å². The molecule has 1 aromatic rings. The molecule has 0 heterocycles. The molecule has 3 nitrogen and oxygen atoms in total. The number of ether oxygens (including phenoxy) is 1. The molecule has 0 spiro atoms. The van der Waals surface area contributed by atoms with Crippen molar-refractivity contribution in [3.05, 3.63) is 29.3 Å². The van der Waals surface area contributed by atoms with Gasteiger partial charge in [0.15, 0.2) is 0 Å². The molecule has 0 saturated carbocycles. The lowest BCUT2D eigenvalue weighted by molar-refractivity contribution is 0.293. The first-order chi connectivity index (χ1) is 8.51. The molecule has 0 amide bonds. The minimum Gasteiger partial charge on any atom is -0.496 e. The number of nitrogens with zero attached hydrogens (tertiary/aromatic N) is 1. The van der Waals surface area contributed by atoms with E-state index in [1.165, 1.54) is 11.1 Å². The summed E-state index contributed by atoms with van der Waals surface area (Å²) in [6.07, 6.45) is 0. The third kappa shape index (κ3) is 3.47. The topological polar surface area (TPSA) is 24.5 Å². The van der Waals surface area contributed by atoms with Crippen molar-refractivity contribution < 1.29 is 4.74 Å². The van der Waals surface area contributed by atoms with Crippen LogP contribution < -0.4 is 10.1 Å². The molecule has 0 aliphatic heterocycles. The fourth-order valence-corrected chi connectivity index (χ4v) is 2.20. The van der Waals surface area contributed by atoms with Crippen molar-refractivity contribution in [3.63, 3.8) is 0 Å². The standard InChI is InChI=1S/C15H26N2O/c1-11(2)13-9-12(7-8-15(13)18-6)14(10-16-3)17(4)5/h7-9,11,14,16H,10H2,1-6H3. The molecule has 0 aliphatic carbocycles. The van der Waals surface area contributed by atoms with E-state index in [1.54, 1.807) is 7.11 Å². The molecule has 18 heavy (non-hydrogen) atoms. The van der Waals surface area contributed by atoms with Gasteiger partial charge in [0.25, 0.3) is 0 Å². The number of rotatable bonds is 6. The van der Waals surface area contributed by atoms with Gasteiger partial charge in [0.2, 0.25) is 0 Å². The summed E-state index contributed by atoms with van der Waals surface area (Å²) < 4.78 is 5.43. The van der Waals surface area contributed by atoms with Crippen LogP contribution >= 0.6 is 0 Å². The Hall–Kier alpha value is -1.06. The second kappa shape index (κ2) is 6.76. The summed E-state index contributed by atoms with van der Waals surface area (Å²) >= 11 is 0. The van der Waals surface area contributed by atoms with Gasteiger partial charge in [0.1, 0.15) is 5.75 Å². The molecule has 0 fully saturated rings. The minimum absolute atomic E-state index is 0.387. The van der Waals surface area contributed by atoms with Gasteiger partial charge in [-0.2, -0.15) is 0 Å². The van der Waals surface area contributed by atoms with E-state index >= 15 is 0 Å². The third-order valence-electron chi connectivity index (χ3n) is 3.28. The van der Waals surface area contributed by atoms with Crippen molar-refractivity contribution in [1.29, 1.82) is 0 Å². The Bertz CT molecular complexity index is 375. The predicted molar refractivity (Wildman–Crippen MR) is 77.4 cm³/mol. The summed E-state index contributed by atoms with van der Waals surface area (Å²) in [4.78, 5) is 2.24. The van der Waals surface area contributed by atoms with E-state index in [0.717, 1.165) is 12.3 Å². The first kappa shape index (κ1) is 15.0.